The monoisotopic (exact) mass is 334 g/mol. The van der Waals surface area contributed by atoms with Gasteiger partial charge in [0, 0.05) is 37.1 Å². The summed E-state index contributed by atoms with van der Waals surface area (Å²) in [5, 5.41) is 11.8. The highest BCUT2D eigenvalue weighted by Crippen LogP contribution is 2.22. The molecule has 0 saturated carbocycles. The first-order chi connectivity index (χ1) is 12.3. The van der Waals surface area contributed by atoms with Gasteiger partial charge in [-0.05, 0) is 24.5 Å². The Morgan fingerprint density at radius 3 is 2.88 bits per heavy atom. The second-order valence-corrected chi connectivity index (χ2v) is 6.47. The zero-order valence-corrected chi connectivity index (χ0v) is 14.1. The SMILES string of the molecule is O=C(C1=CCC(/C=C/c2[nH]nc3ccccc23)C=C1)N1CCNCC1. The summed E-state index contributed by atoms with van der Waals surface area (Å²) in [6, 6.07) is 8.08. The third-order valence-corrected chi connectivity index (χ3v) is 4.79. The lowest BCUT2D eigenvalue weighted by molar-refractivity contribution is -0.127. The van der Waals surface area contributed by atoms with E-state index in [9.17, 15) is 4.79 Å². The summed E-state index contributed by atoms with van der Waals surface area (Å²) in [6.45, 7) is 3.35. The van der Waals surface area contributed by atoms with Crippen molar-refractivity contribution in [3.05, 3.63) is 59.8 Å². The number of H-pyrrole nitrogens is 1. The summed E-state index contributed by atoms with van der Waals surface area (Å²) < 4.78 is 0. The molecule has 2 aliphatic rings. The van der Waals surface area contributed by atoms with E-state index in [2.05, 4.69) is 45.9 Å². The first-order valence-electron chi connectivity index (χ1n) is 8.81. The summed E-state index contributed by atoms with van der Waals surface area (Å²) in [4.78, 5) is 14.4. The van der Waals surface area contributed by atoms with Crippen molar-refractivity contribution >= 4 is 22.9 Å². The Balaban J connectivity index is 1.40. The van der Waals surface area contributed by atoms with Crippen molar-refractivity contribution in [2.24, 2.45) is 5.92 Å². The van der Waals surface area contributed by atoms with Gasteiger partial charge in [0.2, 0.25) is 0 Å². The minimum atomic E-state index is 0.153. The zero-order valence-electron chi connectivity index (χ0n) is 14.1. The normalized spacial score (nSPS) is 21.0. The fourth-order valence-corrected chi connectivity index (χ4v) is 3.32. The number of hydrogen-bond donors (Lipinski definition) is 2. The van der Waals surface area contributed by atoms with Crippen LogP contribution in [-0.2, 0) is 4.79 Å². The molecule has 1 aliphatic carbocycles. The molecule has 0 bridgehead atoms. The van der Waals surface area contributed by atoms with Crippen molar-refractivity contribution in [3.63, 3.8) is 0 Å². The number of carbonyl (C=O) groups is 1. The van der Waals surface area contributed by atoms with Crippen LogP contribution >= 0.6 is 0 Å². The number of allylic oxidation sites excluding steroid dienone is 3. The molecule has 1 aromatic heterocycles. The van der Waals surface area contributed by atoms with Gasteiger partial charge in [-0.25, -0.2) is 0 Å². The number of fused-ring (bicyclic) bond motifs is 1. The van der Waals surface area contributed by atoms with Crippen molar-refractivity contribution in [3.8, 4) is 0 Å². The number of benzene rings is 1. The molecule has 5 nitrogen and oxygen atoms in total. The van der Waals surface area contributed by atoms with Gasteiger partial charge in [0.1, 0.15) is 0 Å². The van der Waals surface area contributed by atoms with Crippen molar-refractivity contribution in [1.82, 2.24) is 20.4 Å². The molecule has 25 heavy (non-hydrogen) atoms. The fraction of sp³-hybridized carbons (Fsp3) is 0.300. The first kappa shape index (κ1) is 15.8. The Labute approximate surface area is 147 Å². The van der Waals surface area contributed by atoms with E-state index in [1.54, 1.807) is 0 Å². The van der Waals surface area contributed by atoms with Crippen LogP contribution in [0.25, 0.3) is 17.0 Å². The van der Waals surface area contributed by atoms with Crippen LogP contribution in [0.1, 0.15) is 12.1 Å². The van der Waals surface area contributed by atoms with Gasteiger partial charge in [0.25, 0.3) is 5.91 Å². The summed E-state index contributed by atoms with van der Waals surface area (Å²) in [5.41, 5.74) is 2.82. The third kappa shape index (κ3) is 3.42. The number of para-hydroxylation sites is 1. The third-order valence-electron chi connectivity index (χ3n) is 4.79. The van der Waals surface area contributed by atoms with Crippen molar-refractivity contribution in [2.75, 3.05) is 26.2 Å². The molecule has 1 aliphatic heterocycles. The highest BCUT2D eigenvalue weighted by molar-refractivity contribution is 5.96. The fourth-order valence-electron chi connectivity index (χ4n) is 3.32. The molecule has 128 valence electrons. The van der Waals surface area contributed by atoms with Crippen molar-refractivity contribution in [1.29, 1.82) is 0 Å². The van der Waals surface area contributed by atoms with Gasteiger partial charge in [-0.2, -0.15) is 5.10 Å². The van der Waals surface area contributed by atoms with Gasteiger partial charge < -0.3 is 10.2 Å². The lowest BCUT2D eigenvalue weighted by Crippen LogP contribution is -2.46. The molecule has 0 spiro atoms. The van der Waals surface area contributed by atoms with E-state index in [0.717, 1.165) is 54.8 Å². The number of aromatic amines is 1. The number of nitrogens with zero attached hydrogens (tertiary/aromatic N) is 2. The van der Waals surface area contributed by atoms with E-state index >= 15 is 0 Å². The van der Waals surface area contributed by atoms with E-state index < -0.39 is 0 Å². The molecular formula is C20H22N4O. The van der Waals surface area contributed by atoms with Crippen LogP contribution in [0.5, 0.6) is 0 Å². The topological polar surface area (TPSA) is 61.0 Å². The summed E-state index contributed by atoms with van der Waals surface area (Å²) in [6.07, 6.45) is 11.2. The van der Waals surface area contributed by atoms with Crippen LogP contribution in [0.2, 0.25) is 0 Å². The highest BCUT2D eigenvalue weighted by atomic mass is 16.2. The minimum Gasteiger partial charge on any atom is -0.336 e. The number of nitrogens with one attached hydrogen (secondary N) is 2. The molecule has 2 aromatic rings. The number of amides is 1. The van der Waals surface area contributed by atoms with Gasteiger partial charge >= 0.3 is 0 Å². The second kappa shape index (κ2) is 7.07. The predicted molar refractivity (Wildman–Crippen MR) is 99.9 cm³/mol. The molecular weight excluding hydrogens is 312 g/mol. The number of rotatable bonds is 3. The average Bonchev–Trinajstić information content (AvgIpc) is 3.10. The maximum Gasteiger partial charge on any atom is 0.253 e. The van der Waals surface area contributed by atoms with Gasteiger partial charge in [-0.3, -0.25) is 9.89 Å². The van der Waals surface area contributed by atoms with Gasteiger partial charge in [-0.15, -0.1) is 0 Å². The Morgan fingerprint density at radius 2 is 2.08 bits per heavy atom. The largest absolute Gasteiger partial charge is 0.336 e. The van der Waals surface area contributed by atoms with E-state index in [4.69, 9.17) is 0 Å². The van der Waals surface area contributed by atoms with Crippen LogP contribution in [0.4, 0.5) is 0 Å². The Bertz CT molecular complexity index is 855. The molecule has 1 amide bonds. The maximum atomic E-state index is 12.5. The predicted octanol–water partition coefficient (Wildman–Crippen LogP) is 2.51. The van der Waals surface area contributed by atoms with Gasteiger partial charge in [0.15, 0.2) is 0 Å². The molecule has 1 aromatic carbocycles. The lowest BCUT2D eigenvalue weighted by atomic mass is 9.95. The molecule has 2 N–H and O–H groups in total. The standard InChI is InChI=1S/C20H22N4O/c25-20(24-13-11-21-12-14-24)16-8-5-15(6-9-16)7-10-19-17-3-1-2-4-18(17)22-23-19/h1-5,7-10,15,21H,6,11-14H2,(H,22,23)/b10-7+. The van der Waals surface area contributed by atoms with Crippen LogP contribution in [0.3, 0.4) is 0 Å². The van der Waals surface area contributed by atoms with Crippen LogP contribution in [-0.4, -0.2) is 47.2 Å². The van der Waals surface area contributed by atoms with E-state index in [-0.39, 0.29) is 5.91 Å². The molecule has 4 rings (SSSR count). The summed E-state index contributed by atoms with van der Waals surface area (Å²) >= 11 is 0. The molecule has 1 atom stereocenters. The summed E-state index contributed by atoms with van der Waals surface area (Å²) in [7, 11) is 0. The van der Waals surface area contributed by atoms with E-state index in [1.807, 2.05) is 29.2 Å². The number of aromatic nitrogens is 2. The molecule has 1 saturated heterocycles. The lowest BCUT2D eigenvalue weighted by Gasteiger charge is -2.28. The number of hydrogen-bond acceptors (Lipinski definition) is 3. The smallest absolute Gasteiger partial charge is 0.253 e. The summed E-state index contributed by atoms with van der Waals surface area (Å²) in [5.74, 6) is 0.460. The second-order valence-electron chi connectivity index (χ2n) is 6.47. The maximum absolute atomic E-state index is 12.5. The molecule has 5 heteroatoms. The number of carbonyl (C=O) groups excluding carboxylic acids is 1. The molecule has 1 fully saturated rings. The van der Waals surface area contributed by atoms with Gasteiger partial charge in [-0.1, -0.05) is 42.5 Å². The van der Waals surface area contributed by atoms with Gasteiger partial charge in [0.05, 0.1) is 11.2 Å². The Hall–Kier alpha value is -2.66. The van der Waals surface area contributed by atoms with E-state index in [1.165, 1.54) is 0 Å². The Morgan fingerprint density at radius 1 is 1.24 bits per heavy atom. The molecule has 1 unspecified atom stereocenters. The zero-order chi connectivity index (χ0) is 17.1. The highest BCUT2D eigenvalue weighted by Gasteiger charge is 2.20. The quantitative estimate of drug-likeness (QED) is 0.907. The molecule has 0 radical (unpaired) electrons. The average molecular weight is 334 g/mol. The van der Waals surface area contributed by atoms with E-state index in [0.29, 0.717) is 5.92 Å². The number of piperazine rings is 1. The van der Waals surface area contributed by atoms with Crippen LogP contribution in [0.15, 0.2) is 54.1 Å². The van der Waals surface area contributed by atoms with Crippen molar-refractivity contribution in [2.45, 2.75) is 6.42 Å². The minimum absolute atomic E-state index is 0.153. The molecule has 2 heterocycles. The Kier molecular flexibility index (Phi) is 4.48. The van der Waals surface area contributed by atoms with Crippen LogP contribution < -0.4 is 5.32 Å². The van der Waals surface area contributed by atoms with Crippen LogP contribution in [0, 0.1) is 5.92 Å². The van der Waals surface area contributed by atoms with Crippen molar-refractivity contribution < 1.29 is 4.79 Å². The first-order valence-corrected chi connectivity index (χ1v) is 8.81.